The zero-order valence-corrected chi connectivity index (χ0v) is 12.5. The second kappa shape index (κ2) is 6.23. The second-order valence-electron chi connectivity index (χ2n) is 6.49. The second-order valence-corrected chi connectivity index (χ2v) is 6.49. The monoisotopic (exact) mass is 267 g/mol. The molecule has 19 heavy (non-hydrogen) atoms. The lowest BCUT2D eigenvalue weighted by Crippen LogP contribution is -2.57. The van der Waals surface area contributed by atoms with E-state index in [2.05, 4.69) is 24.1 Å². The lowest BCUT2D eigenvalue weighted by molar-refractivity contribution is -0.128. The molecule has 1 amide bonds. The summed E-state index contributed by atoms with van der Waals surface area (Å²) in [5, 5.41) is 3.11. The molecule has 3 unspecified atom stereocenters. The Kier molecular flexibility index (Phi) is 4.85. The van der Waals surface area contributed by atoms with Crippen LogP contribution in [0, 0.1) is 5.92 Å². The number of nitrogens with one attached hydrogen (secondary N) is 1. The van der Waals surface area contributed by atoms with Crippen molar-refractivity contribution < 1.29 is 4.79 Å². The van der Waals surface area contributed by atoms with E-state index >= 15 is 0 Å². The number of nitrogens with zero attached hydrogens (tertiary/aromatic N) is 1. The van der Waals surface area contributed by atoms with Crippen LogP contribution in [0.25, 0.3) is 0 Å². The maximum Gasteiger partial charge on any atom is 0.240 e. The van der Waals surface area contributed by atoms with E-state index in [-0.39, 0.29) is 5.91 Å². The van der Waals surface area contributed by atoms with E-state index in [4.69, 9.17) is 5.73 Å². The molecule has 2 fully saturated rings. The average Bonchev–Trinajstić information content (AvgIpc) is 2.83. The largest absolute Gasteiger partial charge is 0.353 e. The first-order valence-corrected chi connectivity index (χ1v) is 7.86. The Hall–Kier alpha value is -0.610. The van der Waals surface area contributed by atoms with Gasteiger partial charge < -0.3 is 11.1 Å². The molecule has 0 aromatic carbocycles. The molecule has 4 heteroatoms. The van der Waals surface area contributed by atoms with Gasteiger partial charge in [-0.05, 0) is 44.7 Å². The topological polar surface area (TPSA) is 58.4 Å². The maximum atomic E-state index is 12.4. The number of hydrogen-bond donors (Lipinski definition) is 2. The highest BCUT2D eigenvalue weighted by Gasteiger charge is 2.38. The van der Waals surface area contributed by atoms with Crippen LogP contribution in [0.4, 0.5) is 0 Å². The summed E-state index contributed by atoms with van der Waals surface area (Å²) in [4.78, 5) is 14.8. The van der Waals surface area contributed by atoms with Crippen molar-refractivity contribution in [2.45, 2.75) is 64.0 Å². The summed E-state index contributed by atoms with van der Waals surface area (Å²) in [5.74, 6) is 0.644. The zero-order chi connectivity index (χ0) is 13.9. The lowest BCUT2D eigenvalue weighted by Gasteiger charge is -2.36. The molecule has 1 saturated heterocycles. The summed E-state index contributed by atoms with van der Waals surface area (Å²) in [7, 11) is 0. The number of carbonyl (C=O) groups excluding carboxylic acids is 1. The van der Waals surface area contributed by atoms with E-state index in [1.54, 1.807) is 0 Å². The third-order valence-corrected chi connectivity index (χ3v) is 4.89. The minimum Gasteiger partial charge on any atom is -0.353 e. The fraction of sp³-hybridized carbons (Fsp3) is 0.933. The van der Waals surface area contributed by atoms with Gasteiger partial charge in [-0.25, -0.2) is 0 Å². The van der Waals surface area contributed by atoms with Gasteiger partial charge in [0.2, 0.25) is 5.91 Å². The number of amides is 1. The normalized spacial score (nSPS) is 36.4. The molecule has 2 rings (SSSR count). The summed E-state index contributed by atoms with van der Waals surface area (Å²) in [5.41, 5.74) is 5.70. The number of likely N-dealkylation sites (N-methyl/N-ethyl adjacent to an activating group) is 1. The molecule has 1 saturated carbocycles. The number of rotatable bonds is 4. The summed E-state index contributed by atoms with van der Waals surface area (Å²) in [6, 6.07) is 0.513. The van der Waals surface area contributed by atoms with Gasteiger partial charge in [0.15, 0.2) is 0 Å². The SMILES string of the molecule is CCN1CCCC1CNC(=O)C1(N)CCCC(C)C1. The quantitative estimate of drug-likeness (QED) is 0.811. The molecule has 0 spiro atoms. The molecule has 0 radical (unpaired) electrons. The Balaban J connectivity index is 1.83. The van der Waals surface area contributed by atoms with E-state index in [0.29, 0.717) is 12.0 Å². The average molecular weight is 267 g/mol. The van der Waals surface area contributed by atoms with Crippen LogP contribution in [-0.4, -0.2) is 42.0 Å². The minimum atomic E-state index is -0.618. The molecule has 0 aromatic heterocycles. The van der Waals surface area contributed by atoms with Gasteiger partial charge in [-0.1, -0.05) is 26.7 Å². The number of carbonyl (C=O) groups is 1. The van der Waals surface area contributed by atoms with Crippen molar-refractivity contribution in [3.63, 3.8) is 0 Å². The third-order valence-electron chi connectivity index (χ3n) is 4.89. The van der Waals surface area contributed by atoms with Crippen LogP contribution in [0.3, 0.4) is 0 Å². The first-order valence-electron chi connectivity index (χ1n) is 7.86. The van der Waals surface area contributed by atoms with Crippen molar-refractivity contribution in [1.82, 2.24) is 10.2 Å². The molecular formula is C15H29N3O. The molecular weight excluding hydrogens is 238 g/mol. The van der Waals surface area contributed by atoms with Crippen molar-refractivity contribution in [2.75, 3.05) is 19.6 Å². The van der Waals surface area contributed by atoms with Gasteiger partial charge in [-0.15, -0.1) is 0 Å². The van der Waals surface area contributed by atoms with E-state index < -0.39 is 5.54 Å². The van der Waals surface area contributed by atoms with E-state index in [9.17, 15) is 4.79 Å². The van der Waals surface area contributed by atoms with Gasteiger partial charge in [-0.3, -0.25) is 9.69 Å². The molecule has 3 atom stereocenters. The van der Waals surface area contributed by atoms with Crippen molar-refractivity contribution in [3.05, 3.63) is 0 Å². The Bertz CT molecular complexity index is 321. The maximum absolute atomic E-state index is 12.4. The molecule has 110 valence electrons. The molecule has 0 aromatic rings. The summed E-state index contributed by atoms with van der Waals surface area (Å²) >= 11 is 0. The highest BCUT2D eigenvalue weighted by molar-refractivity contribution is 5.86. The van der Waals surface area contributed by atoms with Crippen LogP contribution in [-0.2, 0) is 4.79 Å². The molecule has 1 heterocycles. The molecule has 0 bridgehead atoms. The van der Waals surface area contributed by atoms with Crippen LogP contribution < -0.4 is 11.1 Å². The molecule has 1 aliphatic heterocycles. The van der Waals surface area contributed by atoms with Crippen molar-refractivity contribution in [2.24, 2.45) is 11.7 Å². The Morgan fingerprint density at radius 2 is 2.21 bits per heavy atom. The third kappa shape index (κ3) is 3.48. The standard InChI is InChI=1S/C15H29N3O/c1-3-18-9-5-7-13(18)11-17-14(19)15(16)8-4-6-12(2)10-15/h12-13H,3-11,16H2,1-2H3,(H,17,19). The van der Waals surface area contributed by atoms with Gasteiger partial charge >= 0.3 is 0 Å². The van der Waals surface area contributed by atoms with Gasteiger partial charge in [-0.2, -0.15) is 0 Å². The zero-order valence-electron chi connectivity index (χ0n) is 12.5. The number of likely N-dealkylation sites (tertiary alicyclic amines) is 1. The lowest BCUT2D eigenvalue weighted by atomic mass is 9.76. The Morgan fingerprint density at radius 3 is 2.89 bits per heavy atom. The summed E-state index contributed by atoms with van der Waals surface area (Å²) < 4.78 is 0. The highest BCUT2D eigenvalue weighted by atomic mass is 16.2. The minimum absolute atomic E-state index is 0.0713. The van der Waals surface area contributed by atoms with Crippen molar-refractivity contribution in [3.8, 4) is 0 Å². The van der Waals surface area contributed by atoms with Gasteiger partial charge in [0.05, 0.1) is 5.54 Å². The number of nitrogens with two attached hydrogens (primary N) is 1. The van der Waals surface area contributed by atoms with Gasteiger partial charge in [0, 0.05) is 12.6 Å². The van der Waals surface area contributed by atoms with Crippen LogP contribution in [0.2, 0.25) is 0 Å². The molecule has 1 aliphatic carbocycles. The van der Waals surface area contributed by atoms with Crippen molar-refractivity contribution in [1.29, 1.82) is 0 Å². The molecule has 3 N–H and O–H groups in total. The fourth-order valence-corrected chi connectivity index (χ4v) is 3.73. The smallest absolute Gasteiger partial charge is 0.240 e. The van der Waals surface area contributed by atoms with Crippen LogP contribution in [0.15, 0.2) is 0 Å². The first-order chi connectivity index (χ1) is 9.05. The Labute approximate surface area is 117 Å². The predicted molar refractivity (Wildman–Crippen MR) is 77.8 cm³/mol. The molecule has 2 aliphatic rings. The first kappa shape index (κ1) is 14.8. The van der Waals surface area contributed by atoms with Crippen LogP contribution in [0.1, 0.15) is 52.4 Å². The van der Waals surface area contributed by atoms with Crippen LogP contribution in [0.5, 0.6) is 0 Å². The highest BCUT2D eigenvalue weighted by Crippen LogP contribution is 2.30. The van der Waals surface area contributed by atoms with E-state index in [1.165, 1.54) is 25.8 Å². The Morgan fingerprint density at radius 1 is 1.42 bits per heavy atom. The van der Waals surface area contributed by atoms with Gasteiger partial charge in [0.1, 0.15) is 0 Å². The van der Waals surface area contributed by atoms with Crippen molar-refractivity contribution >= 4 is 5.91 Å². The number of hydrogen-bond acceptors (Lipinski definition) is 3. The van der Waals surface area contributed by atoms with Crippen LogP contribution >= 0.6 is 0 Å². The fourth-order valence-electron chi connectivity index (χ4n) is 3.73. The summed E-state index contributed by atoms with van der Waals surface area (Å²) in [6.07, 6.45) is 6.40. The van der Waals surface area contributed by atoms with Gasteiger partial charge in [0.25, 0.3) is 0 Å². The predicted octanol–water partition coefficient (Wildman–Crippen LogP) is 1.49. The molecule has 4 nitrogen and oxygen atoms in total. The van der Waals surface area contributed by atoms with E-state index in [1.807, 2.05) is 0 Å². The summed E-state index contributed by atoms with van der Waals surface area (Å²) in [6.45, 7) is 7.39. The van der Waals surface area contributed by atoms with E-state index in [0.717, 1.165) is 32.4 Å².